The predicted molar refractivity (Wildman–Crippen MR) is 100 cm³/mol. The molecular weight excluding hydrogens is 366 g/mol. The third-order valence-corrected chi connectivity index (χ3v) is 5.58. The van der Waals surface area contributed by atoms with Gasteiger partial charge in [0.15, 0.2) is 10.4 Å². The lowest BCUT2D eigenvalue weighted by molar-refractivity contribution is -0.122. The second-order valence-corrected chi connectivity index (χ2v) is 8.22. The summed E-state index contributed by atoms with van der Waals surface area (Å²) in [7, 11) is 0. The van der Waals surface area contributed by atoms with E-state index in [4.69, 9.17) is 16.3 Å². The molecule has 0 saturated carbocycles. The lowest BCUT2D eigenvalue weighted by atomic mass is 10.2. The molecule has 0 aliphatic rings. The number of aromatic nitrogens is 2. The molecule has 5 nitrogen and oxygen atoms in total. The van der Waals surface area contributed by atoms with Crippen LogP contribution in [0.1, 0.15) is 27.2 Å². The van der Waals surface area contributed by atoms with Gasteiger partial charge in [-0.2, -0.15) is 0 Å². The van der Waals surface area contributed by atoms with Crippen LogP contribution in [-0.4, -0.2) is 28.0 Å². The summed E-state index contributed by atoms with van der Waals surface area (Å²) in [6.45, 7) is 6.19. The fraction of sp³-hybridized carbons (Fsp3) is 0.438. The van der Waals surface area contributed by atoms with Crippen LogP contribution in [0.25, 0.3) is 0 Å². The molecule has 2 aromatic rings. The Hall–Kier alpha value is -1.31. The highest BCUT2D eigenvalue weighted by Crippen LogP contribution is 2.27. The Balaban J connectivity index is 1.92. The van der Waals surface area contributed by atoms with Gasteiger partial charge in [0.1, 0.15) is 5.75 Å². The van der Waals surface area contributed by atoms with Crippen LogP contribution in [-0.2, 0) is 4.79 Å². The SMILES string of the molecule is CC[C@@H](Oc1ccc(Cl)cc1)C(=O)Nc1nnc(SCC(C)C)s1. The molecule has 0 bridgehead atoms. The van der Waals surface area contributed by atoms with Crippen molar-refractivity contribution in [1.29, 1.82) is 0 Å². The molecule has 0 aliphatic heterocycles. The van der Waals surface area contributed by atoms with Gasteiger partial charge in [-0.05, 0) is 36.6 Å². The van der Waals surface area contributed by atoms with E-state index in [1.54, 1.807) is 36.0 Å². The van der Waals surface area contributed by atoms with Crippen molar-refractivity contribution in [3.05, 3.63) is 29.3 Å². The smallest absolute Gasteiger partial charge is 0.267 e. The number of amides is 1. The third-order valence-electron chi connectivity index (χ3n) is 2.93. The highest BCUT2D eigenvalue weighted by molar-refractivity contribution is 8.01. The first-order valence-electron chi connectivity index (χ1n) is 7.67. The van der Waals surface area contributed by atoms with Crippen molar-refractivity contribution >= 4 is 45.7 Å². The van der Waals surface area contributed by atoms with Crippen LogP contribution in [0.4, 0.5) is 5.13 Å². The van der Waals surface area contributed by atoms with Crippen LogP contribution in [0, 0.1) is 5.92 Å². The molecule has 8 heteroatoms. The summed E-state index contributed by atoms with van der Waals surface area (Å²) in [6.07, 6.45) is -0.0516. The summed E-state index contributed by atoms with van der Waals surface area (Å²) in [4.78, 5) is 12.4. The number of ether oxygens (including phenoxy) is 1. The van der Waals surface area contributed by atoms with Crippen molar-refractivity contribution in [2.45, 2.75) is 37.6 Å². The van der Waals surface area contributed by atoms with Crippen LogP contribution in [0.15, 0.2) is 28.6 Å². The van der Waals surface area contributed by atoms with Crippen molar-refractivity contribution < 1.29 is 9.53 Å². The molecule has 1 aromatic carbocycles. The fourth-order valence-electron chi connectivity index (χ4n) is 1.74. The number of carbonyl (C=O) groups excluding carboxylic acids is 1. The number of hydrogen-bond donors (Lipinski definition) is 1. The number of rotatable bonds is 8. The van der Waals surface area contributed by atoms with E-state index in [1.165, 1.54) is 11.3 Å². The average molecular weight is 386 g/mol. The molecule has 2 rings (SSSR count). The van der Waals surface area contributed by atoms with Crippen molar-refractivity contribution in [3.63, 3.8) is 0 Å². The Morgan fingerprint density at radius 1 is 1.33 bits per heavy atom. The molecule has 1 heterocycles. The molecule has 0 aliphatic carbocycles. The van der Waals surface area contributed by atoms with Gasteiger partial charge in [0.2, 0.25) is 5.13 Å². The van der Waals surface area contributed by atoms with Gasteiger partial charge < -0.3 is 4.74 Å². The van der Waals surface area contributed by atoms with Gasteiger partial charge in [-0.1, -0.05) is 55.5 Å². The van der Waals surface area contributed by atoms with Crippen molar-refractivity contribution in [3.8, 4) is 5.75 Å². The third kappa shape index (κ3) is 5.96. The number of thioether (sulfide) groups is 1. The van der Waals surface area contributed by atoms with Gasteiger partial charge >= 0.3 is 0 Å². The van der Waals surface area contributed by atoms with Crippen molar-refractivity contribution in [2.75, 3.05) is 11.1 Å². The van der Waals surface area contributed by atoms with Gasteiger partial charge in [-0.15, -0.1) is 10.2 Å². The number of nitrogens with one attached hydrogen (secondary N) is 1. The minimum atomic E-state index is -0.596. The number of nitrogens with zero attached hydrogens (tertiary/aromatic N) is 2. The summed E-state index contributed by atoms with van der Waals surface area (Å²) >= 11 is 8.87. The monoisotopic (exact) mass is 385 g/mol. The number of anilines is 1. The zero-order valence-electron chi connectivity index (χ0n) is 13.8. The standard InChI is InChI=1S/C16H20ClN3O2S2/c1-4-13(22-12-7-5-11(17)6-8-12)14(21)18-15-19-20-16(24-15)23-9-10(2)3/h5-8,10,13H,4,9H2,1-3H3,(H,18,19,21)/t13-/m1/s1. The van der Waals surface area contributed by atoms with E-state index in [9.17, 15) is 4.79 Å². The second kappa shape index (κ2) is 9.25. The minimum Gasteiger partial charge on any atom is -0.481 e. The van der Waals surface area contributed by atoms with E-state index in [-0.39, 0.29) is 5.91 Å². The molecule has 0 radical (unpaired) electrons. The molecule has 1 atom stereocenters. The molecule has 1 aromatic heterocycles. The molecule has 130 valence electrons. The van der Waals surface area contributed by atoms with Crippen LogP contribution < -0.4 is 10.1 Å². The van der Waals surface area contributed by atoms with E-state index in [0.717, 1.165) is 10.1 Å². The molecule has 0 fully saturated rings. The Labute approximate surface area is 155 Å². The van der Waals surface area contributed by atoms with Gasteiger partial charge in [0.05, 0.1) is 0 Å². The molecule has 0 saturated heterocycles. The van der Waals surface area contributed by atoms with E-state index >= 15 is 0 Å². The predicted octanol–water partition coefficient (Wildman–Crippen LogP) is 4.74. The fourth-order valence-corrected chi connectivity index (χ4v) is 3.60. The average Bonchev–Trinajstić information content (AvgIpc) is 2.99. The molecule has 0 unspecified atom stereocenters. The highest BCUT2D eigenvalue weighted by atomic mass is 35.5. The normalized spacial score (nSPS) is 12.2. The maximum atomic E-state index is 12.4. The number of hydrogen-bond acceptors (Lipinski definition) is 6. The van der Waals surface area contributed by atoms with Crippen LogP contribution >= 0.6 is 34.7 Å². The zero-order chi connectivity index (χ0) is 17.5. The zero-order valence-corrected chi connectivity index (χ0v) is 16.2. The summed E-state index contributed by atoms with van der Waals surface area (Å²) in [5.74, 6) is 1.92. The lowest BCUT2D eigenvalue weighted by Crippen LogP contribution is -2.32. The number of carbonyl (C=O) groups is 1. The summed E-state index contributed by atoms with van der Waals surface area (Å²) in [5.41, 5.74) is 0. The maximum absolute atomic E-state index is 12.4. The maximum Gasteiger partial charge on any atom is 0.267 e. The van der Waals surface area contributed by atoms with Gasteiger partial charge in [-0.3, -0.25) is 10.1 Å². The first-order chi connectivity index (χ1) is 11.5. The Morgan fingerprint density at radius 2 is 2.04 bits per heavy atom. The molecule has 1 amide bonds. The van der Waals surface area contributed by atoms with Gasteiger partial charge in [0, 0.05) is 10.8 Å². The Kier molecular flexibility index (Phi) is 7.33. The number of benzene rings is 1. The summed E-state index contributed by atoms with van der Waals surface area (Å²) in [6, 6.07) is 6.93. The largest absolute Gasteiger partial charge is 0.481 e. The van der Waals surface area contributed by atoms with Crippen LogP contribution in [0.3, 0.4) is 0 Å². The lowest BCUT2D eigenvalue weighted by Gasteiger charge is -2.16. The molecule has 24 heavy (non-hydrogen) atoms. The first kappa shape index (κ1) is 19.0. The summed E-state index contributed by atoms with van der Waals surface area (Å²) in [5, 5.41) is 12.0. The first-order valence-corrected chi connectivity index (χ1v) is 9.85. The molecule has 0 spiro atoms. The number of halogens is 1. The van der Waals surface area contributed by atoms with Crippen LogP contribution in [0.5, 0.6) is 5.75 Å². The molecular formula is C16H20ClN3O2S2. The van der Waals surface area contributed by atoms with Gasteiger partial charge in [-0.25, -0.2) is 0 Å². The highest BCUT2D eigenvalue weighted by Gasteiger charge is 2.20. The van der Waals surface area contributed by atoms with E-state index in [0.29, 0.717) is 28.2 Å². The van der Waals surface area contributed by atoms with E-state index < -0.39 is 6.10 Å². The van der Waals surface area contributed by atoms with Gasteiger partial charge in [0.25, 0.3) is 5.91 Å². The van der Waals surface area contributed by atoms with Crippen molar-refractivity contribution in [1.82, 2.24) is 10.2 Å². The molecule has 1 N–H and O–H groups in total. The Bertz CT molecular complexity index is 662. The Morgan fingerprint density at radius 3 is 2.67 bits per heavy atom. The topological polar surface area (TPSA) is 64.1 Å². The van der Waals surface area contributed by atoms with Crippen molar-refractivity contribution in [2.24, 2.45) is 5.92 Å². The minimum absolute atomic E-state index is 0.232. The van der Waals surface area contributed by atoms with E-state index in [2.05, 4.69) is 29.4 Å². The second-order valence-electron chi connectivity index (χ2n) is 5.54. The summed E-state index contributed by atoms with van der Waals surface area (Å²) < 4.78 is 6.57. The van der Waals surface area contributed by atoms with E-state index in [1.807, 2.05) is 6.92 Å². The van der Waals surface area contributed by atoms with Crippen LogP contribution in [0.2, 0.25) is 5.02 Å². The quantitative estimate of drug-likeness (QED) is 0.525.